The van der Waals surface area contributed by atoms with Crippen molar-refractivity contribution in [1.29, 1.82) is 0 Å². The Bertz CT molecular complexity index is 535. The summed E-state index contributed by atoms with van der Waals surface area (Å²) in [6.45, 7) is 0. The minimum atomic E-state index is -0.255. The molecule has 0 bridgehead atoms. The van der Waals surface area contributed by atoms with E-state index >= 15 is 0 Å². The van der Waals surface area contributed by atoms with Gasteiger partial charge in [0.1, 0.15) is 4.83 Å². The highest BCUT2D eigenvalue weighted by atomic mass is 32.1. The smallest absolute Gasteiger partial charge is 0.281 e. The lowest BCUT2D eigenvalue weighted by Gasteiger charge is -1.96. The Hall–Kier alpha value is -1.14. The third kappa shape index (κ3) is 0.886. The second-order valence-electron chi connectivity index (χ2n) is 2.27. The van der Waals surface area contributed by atoms with Gasteiger partial charge in [-0.1, -0.05) is 0 Å². The molecular weight excluding hydrogens is 194 g/mol. The van der Waals surface area contributed by atoms with E-state index in [-0.39, 0.29) is 10.3 Å². The lowest BCUT2D eigenvalue weighted by Crippen LogP contribution is -2.28. The second kappa shape index (κ2) is 2.43. The maximum atomic E-state index is 11.4. The van der Waals surface area contributed by atoms with Crippen LogP contribution in [0.2, 0.25) is 0 Å². The molecule has 0 aliphatic heterocycles. The fourth-order valence-corrected chi connectivity index (χ4v) is 1.98. The quantitative estimate of drug-likeness (QED) is 0.488. The molecule has 3 N–H and O–H groups in total. The van der Waals surface area contributed by atoms with Gasteiger partial charge >= 0.3 is 0 Å². The Morgan fingerprint density at radius 3 is 3.17 bits per heavy atom. The van der Waals surface area contributed by atoms with E-state index in [4.69, 9.17) is 18.1 Å². The molecule has 0 aromatic carbocycles. The molecule has 0 atom stereocenters. The number of nitrogens with one attached hydrogen (secondary N) is 1. The molecule has 2 rings (SSSR count). The minimum Gasteiger partial charge on any atom is -0.334 e. The van der Waals surface area contributed by atoms with Crippen LogP contribution in [0.5, 0.6) is 0 Å². The number of hydrogen-bond donors (Lipinski definition) is 2. The largest absolute Gasteiger partial charge is 0.334 e. The van der Waals surface area contributed by atoms with Gasteiger partial charge in [-0.25, -0.2) is 0 Å². The summed E-state index contributed by atoms with van der Waals surface area (Å²) >= 11 is 6.26. The van der Waals surface area contributed by atoms with E-state index in [0.717, 1.165) is 9.51 Å². The zero-order chi connectivity index (χ0) is 8.72. The molecule has 0 saturated carbocycles. The van der Waals surface area contributed by atoms with Crippen LogP contribution in [-0.2, 0) is 0 Å². The molecule has 0 aliphatic rings. The second-order valence-corrected chi connectivity index (χ2v) is 3.57. The molecule has 0 aliphatic carbocycles. The molecule has 0 saturated heterocycles. The number of thiophene rings is 1. The highest BCUT2D eigenvalue weighted by molar-refractivity contribution is 7.71. The van der Waals surface area contributed by atoms with Crippen LogP contribution < -0.4 is 11.4 Å². The van der Waals surface area contributed by atoms with Gasteiger partial charge in [-0.3, -0.25) is 4.79 Å². The van der Waals surface area contributed by atoms with E-state index in [1.165, 1.54) is 11.3 Å². The SMILES string of the molecule is Nn1c(=S)[nH]c2sccc2c1=O. The Morgan fingerprint density at radius 1 is 1.67 bits per heavy atom. The topological polar surface area (TPSA) is 63.8 Å². The van der Waals surface area contributed by atoms with Crippen molar-refractivity contribution in [3.63, 3.8) is 0 Å². The average Bonchev–Trinajstić information content (AvgIpc) is 2.48. The molecule has 4 nitrogen and oxygen atoms in total. The number of nitrogens with two attached hydrogens (primary N) is 1. The molecule has 2 heterocycles. The van der Waals surface area contributed by atoms with Gasteiger partial charge in [-0.05, 0) is 23.7 Å². The van der Waals surface area contributed by atoms with Crippen LogP contribution in [0.1, 0.15) is 0 Å². The first-order chi connectivity index (χ1) is 5.70. The zero-order valence-corrected chi connectivity index (χ0v) is 7.54. The van der Waals surface area contributed by atoms with E-state index in [1.54, 1.807) is 6.07 Å². The van der Waals surface area contributed by atoms with Crippen LogP contribution in [0, 0.1) is 4.77 Å². The van der Waals surface area contributed by atoms with Crippen LogP contribution in [0.25, 0.3) is 10.2 Å². The zero-order valence-electron chi connectivity index (χ0n) is 5.90. The Morgan fingerprint density at radius 2 is 2.42 bits per heavy atom. The van der Waals surface area contributed by atoms with Crippen molar-refractivity contribution in [2.24, 2.45) is 0 Å². The van der Waals surface area contributed by atoms with Gasteiger partial charge in [0.2, 0.25) is 0 Å². The molecule has 0 fully saturated rings. The standard InChI is InChI=1S/C6H5N3OS2/c7-9-5(10)3-1-2-12-4(3)8-6(9)11/h1-2H,7H2,(H,8,11). The molecule has 2 aromatic heterocycles. The van der Waals surface area contributed by atoms with Crippen LogP contribution in [0.4, 0.5) is 0 Å². The lowest BCUT2D eigenvalue weighted by atomic mass is 10.4. The van der Waals surface area contributed by atoms with Gasteiger partial charge in [-0.15, -0.1) is 11.3 Å². The van der Waals surface area contributed by atoms with Gasteiger partial charge < -0.3 is 10.8 Å². The van der Waals surface area contributed by atoms with Gasteiger partial charge in [0.25, 0.3) is 5.56 Å². The van der Waals surface area contributed by atoms with Crippen molar-refractivity contribution >= 4 is 33.8 Å². The normalized spacial score (nSPS) is 10.7. The number of aromatic nitrogens is 2. The van der Waals surface area contributed by atoms with Crippen molar-refractivity contribution in [1.82, 2.24) is 9.66 Å². The lowest BCUT2D eigenvalue weighted by molar-refractivity contribution is 0.895. The molecule has 0 spiro atoms. The molecule has 12 heavy (non-hydrogen) atoms. The predicted octanol–water partition coefficient (Wildman–Crippen LogP) is 0.834. The Kier molecular flexibility index (Phi) is 1.52. The van der Waals surface area contributed by atoms with Gasteiger partial charge in [0.05, 0.1) is 5.39 Å². The maximum absolute atomic E-state index is 11.4. The van der Waals surface area contributed by atoms with Crippen molar-refractivity contribution in [3.05, 3.63) is 26.6 Å². The molecule has 0 radical (unpaired) electrons. The highest BCUT2D eigenvalue weighted by Gasteiger charge is 2.02. The predicted molar refractivity (Wildman–Crippen MR) is 51.4 cm³/mol. The molecule has 6 heteroatoms. The van der Waals surface area contributed by atoms with E-state index in [9.17, 15) is 4.79 Å². The van der Waals surface area contributed by atoms with Crippen LogP contribution >= 0.6 is 23.6 Å². The summed E-state index contributed by atoms with van der Waals surface area (Å²) in [5.41, 5.74) is -0.255. The Balaban J connectivity index is 3.16. The van der Waals surface area contributed by atoms with Crippen LogP contribution in [0.3, 0.4) is 0 Å². The van der Waals surface area contributed by atoms with Crippen molar-refractivity contribution in [2.45, 2.75) is 0 Å². The highest BCUT2D eigenvalue weighted by Crippen LogP contribution is 2.12. The number of rotatable bonds is 0. The monoisotopic (exact) mass is 199 g/mol. The molecule has 2 aromatic rings. The van der Waals surface area contributed by atoms with Crippen LogP contribution in [-0.4, -0.2) is 9.66 Å². The van der Waals surface area contributed by atoms with E-state index < -0.39 is 0 Å². The van der Waals surface area contributed by atoms with E-state index in [2.05, 4.69) is 4.98 Å². The molecule has 0 unspecified atom stereocenters. The summed E-state index contributed by atoms with van der Waals surface area (Å²) in [5.74, 6) is 5.38. The number of nitrogen functional groups attached to an aromatic ring is 1. The number of H-pyrrole nitrogens is 1. The fourth-order valence-electron chi connectivity index (χ4n) is 0.954. The van der Waals surface area contributed by atoms with Gasteiger partial charge in [-0.2, -0.15) is 4.68 Å². The summed E-state index contributed by atoms with van der Waals surface area (Å²) in [5, 5.41) is 2.40. The number of nitrogens with zero attached hydrogens (tertiary/aromatic N) is 1. The Labute approximate surface area is 76.2 Å². The first kappa shape index (κ1) is 7.51. The first-order valence-corrected chi connectivity index (χ1v) is 4.46. The summed E-state index contributed by atoms with van der Waals surface area (Å²) in [4.78, 5) is 15.0. The molecular formula is C6H5N3OS2. The molecule has 62 valence electrons. The van der Waals surface area contributed by atoms with Gasteiger partial charge in [0.15, 0.2) is 4.77 Å². The van der Waals surface area contributed by atoms with Crippen molar-refractivity contribution in [3.8, 4) is 0 Å². The maximum Gasteiger partial charge on any atom is 0.281 e. The van der Waals surface area contributed by atoms with Gasteiger partial charge in [0, 0.05) is 0 Å². The first-order valence-electron chi connectivity index (χ1n) is 3.18. The summed E-state index contributed by atoms with van der Waals surface area (Å²) in [6, 6.07) is 1.72. The molecule has 0 amide bonds. The van der Waals surface area contributed by atoms with E-state index in [1.807, 2.05) is 5.38 Å². The van der Waals surface area contributed by atoms with Crippen molar-refractivity contribution in [2.75, 3.05) is 5.84 Å². The number of aromatic amines is 1. The number of fused-ring (bicyclic) bond motifs is 1. The summed E-state index contributed by atoms with van der Waals surface area (Å²) in [6.07, 6.45) is 0. The summed E-state index contributed by atoms with van der Waals surface area (Å²) in [7, 11) is 0. The van der Waals surface area contributed by atoms with Crippen LogP contribution in [0.15, 0.2) is 16.2 Å². The fraction of sp³-hybridized carbons (Fsp3) is 0. The minimum absolute atomic E-state index is 0.245. The third-order valence-corrected chi connectivity index (χ3v) is 2.68. The number of hydrogen-bond acceptors (Lipinski definition) is 4. The average molecular weight is 199 g/mol. The third-order valence-electron chi connectivity index (χ3n) is 1.55. The van der Waals surface area contributed by atoms with Crippen molar-refractivity contribution < 1.29 is 0 Å². The van der Waals surface area contributed by atoms with E-state index in [0.29, 0.717) is 5.39 Å². The summed E-state index contributed by atoms with van der Waals surface area (Å²) < 4.78 is 1.18.